The van der Waals surface area contributed by atoms with Crippen LogP contribution in [0.1, 0.15) is 0 Å². The average Bonchev–Trinajstić information content (AvgIpc) is 3.31. The van der Waals surface area contributed by atoms with E-state index in [9.17, 15) is 0 Å². The van der Waals surface area contributed by atoms with Gasteiger partial charge in [-0.1, -0.05) is 0 Å². The van der Waals surface area contributed by atoms with Crippen molar-refractivity contribution in [1.29, 1.82) is 0 Å². The van der Waals surface area contributed by atoms with Gasteiger partial charge < -0.3 is 0 Å². The van der Waals surface area contributed by atoms with Gasteiger partial charge in [-0.05, 0) is 23.5 Å². The van der Waals surface area contributed by atoms with Gasteiger partial charge in [0.1, 0.15) is 0 Å². The molecule has 0 aliphatic heterocycles. The second kappa shape index (κ2) is 8.71. The van der Waals surface area contributed by atoms with Gasteiger partial charge in [0.05, 0.1) is 0 Å². The Morgan fingerprint density at radius 3 is 1.43 bits per heavy atom. The number of hydrogen-bond acceptors (Lipinski definition) is 2. The molecular formula is C18H14N4Ni. The Kier molecular flexibility index (Phi) is 6.33. The maximum atomic E-state index is 4.07. The number of benzene rings is 2. The van der Waals surface area contributed by atoms with Crippen molar-refractivity contribution >= 4 is 0 Å². The molecule has 0 saturated carbocycles. The number of nitrogens with zero attached hydrogens (tertiary/aromatic N) is 4. The summed E-state index contributed by atoms with van der Waals surface area (Å²) in [6, 6.07) is 25.4. The second-order valence-electron chi connectivity index (χ2n) is 4.40. The summed E-state index contributed by atoms with van der Waals surface area (Å²) in [5.41, 5.74) is 1.94. The van der Waals surface area contributed by atoms with Crippen molar-refractivity contribution in [3.63, 3.8) is 0 Å². The fraction of sp³-hybridized carbons (Fsp3) is 0. The topological polar surface area (TPSA) is 35.6 Å². The first-order valence-electron chi connectivity index (χ1n) is 6.87. The zero-order valence-electron chi connectivity index (χ0n) is 12.2. The van der Waals surface area contributed by atoms with Crippen LogP contribution in [-0.4, -0.2) is 19.6 Å². The smallest absolute Gasteiger partial charge is 0.266 e. The Morgan fingerprint density at radius 2 is 1.13 bits per heavy atom. The molecule has 0 atom stereocenters. The Balaban J connectivity index is 0.000000160. The van der Waals surface area contributed by atoms with E-state index >= 15 is 0 Å². The Morgan fingerprint density at radius 1 is 0.652 bits per heavy atom. The molecule has 2 heterocycles. The molecule has 0 aliphatic carbocycles. The van der Waals surface area contributed by atoms with E-state index in [1.807, 2.05) is 73.1 Å². The third-order valence-corrected chi connectivity index (χ3v) is 2.89. The molecule has 2 aromatic carbocycles. The summed E-state index contributed by atoms with van der Waals surface area (Å²) >= 11 is 0. The van der Waals surface area contributed by atoms with Crippen LogP contribution in [0.5, 0.6) is 0 Å². The van der Waals surface area contributed by atoms with E-state index in [4.69, 9.17) is 0 Å². The fourth-order valence-corrected chi connectivity index (χ4v) is 1.88. The van der Waals surface area contributed by atoms with E-state index in [1.165, 1.54) is 0 Å². The molecule has 0 amide bonds. The van der Waals surface area contributed by atoms with Crippen molar-refractivity contribution in [1.82, 2.24) is 19.6 Å². The number of para-hydroxylation sites is 2. The minimum absolute atomic E-state index is 0. The molecular weight excluding hydrogens is 331 g/mol. The molecule has 0 saturated heterocycles. The molecule has 0 bridgehead atoms. The molecule has 4 aromatic rings. The second-order valence-corrected chi connectivity index (χ2v) is 4.40. The molecule has 0 aliphatic rings. The first-order valence-corrected chi connectivity index (χ1v) is 6.87. The molecule has 2 aromatic heterocycles. The van der Waals surface area contributed by atoms with Crippen molar-refractivity contribution in [2.45, 2.75) is 0 Å². The summed E-state index contributed by atoms with van der Waals surface area (Å²) in [4.78, 5) is 0. The van der Waals surface area contributed by atoms with Gasteiger partial charge in [0.15, 0.2) is 0 Å². The van der Waals surface area contributed by atoms with Crippen LogP contribution in [0, 0.1) is 12.1 Å². The monoisotopic (exact) mass is 344 g/mol. The van der Waals surface area contributed by atoms with Crippen molar-refractivity contribution in [2.24, 2.45) is 0 Å². The maximum Gasteiger partial charge on any atom is 2.00 e. The minimum atomic E-state index is 0. The molecule has 4 nitrogen and oxygen atoms in total. The summed E-state index contributed by atoms with van der Waals surface area (Å²) < 4.78 is 3.56. The van der Waals surface area contributed by atoms with Gasteiger partial charge in [-0.15, -0.1) is 12.1 Å². The minimum Gasteiger partial charge on any atom is -0.266 e. The van der Waals surface area contributed by atoms with Gasteiger partial charge in [-0.3, -0.25) is 9.36 Å². The molecule has 0 unspecified atom stereocenters. The van der Waals surface area contributed by atoms with Gasteiger partial charge >= 0.3 is 16.5 Å². The molecule has 0 spiro atoms. The van der Waals surface area contributed by atoms with Crippen LogP contribution in [-0.2, 0) is 16.5 Å². The number of hydrogen-bond donors (Lipinski definition) is 0. The Bertz CT molecular complexity index is 697. The SMILES string of the molecule is [Ni+2].[c-]1ccccc1-n1cccn1.[c-]1ccccc1-n1cccn1. The van der Waals surface area contributed by atoms with Crippen LogP contribution >= 0.6 is 0 Å². The van der Waals surface area contributed by atoms with E-state index in [1.54, 1.807) is 21.8 Å². The zero-order valence-corrected chi connectivity index (χ0v) is 13.2. The largest absolute Gasteiger partial charge is 2.00 e. The van der Waals surface area contributed by atoms with Gasteiger partial charge in [0, 0.05) is 24.8 Å². The summed E-state index contributed by atoms with van der Waals surface area (Å²) in [5.74, 6) is 0. The van der Waals surface area contributed by atoms with Crippen LogP contribution in [0.2, 0.25) is 0 Å². The summed E-state index contributed by atoms with van der Waals surface area (Å²) in [5, 5.41) is 8.14. The van der Waals surface area contributed by atoms with Crippen LogP contribution in [0.4, 0.5) is 0 Å². The fourth-order valence-electron chi connectivity index (χ4n) is 1.88. The first kappa shape index (κ1) is 16.7. The van der Waals surface area contributed by atoms with Gasteiger partial charge in [-0.25, -0.2) is 0 Å². The van der Waals surface area contributed by atoms with Gasteiger partial charge in [0.2, 0.25) is 0 Å². The van der Waals surface area contributed by atoms with Crippen LogP contribution in [0.25, 0.3) is 11.4 Å². The average molecular weight is 345 g/mol. The molecule has 0 N–H and O–H groups in total. The number of aromatic nitrogens is 4. The zero-order chi connectivity index (χ0) is 15.0. The first-order chi connectivity index (χ1) is 10.9. The summed E-state index contributed by atoms with van der Waals surface area (Å²) in [7, 11) is 0. The summed E-state index contributed by atoms with van der Waals surface area (Å²) in [6.45, 7) is 0. The number of rotatable bonds is 2. The van der Waals surface area contributed by atoms with Crippen molar-refractivity contribution < 1.29 is 16.5 Å². The third-order valence-electron chi connectivity index (χ3n) is 2.89. The van der Waals surface area contributed by atoms with E-state index in [-0.39, 0.29) is 16.5 Å². The van der Waals surface area contributed by atoms with E-state index in [2.05, 4.69) is 22.3 Å². The molecule has 4 rings (SSSR count). The third kappa shape index (κ3) is 4.66. The van der Waals surface area contributed by atoms with Crippen LogP contribution in [0.3, 0.4) is 0 Å². The normalized spacial score (nSPS) is 9.39. The van der Waals surface area contributed by atoms with E-state index in [0.717, 1.165) is 11.4 Å². The van der Waals surface area contributed by atoms with Gasteiger partial charge in [-0.2, -0.15) is 58.7 Å². The van der Waals surface area contributed by atoms with Crippen molar-refractivity contribution in [3.05, 3.63) is 97.6 Å². The van der Waals surface area contributed by atoms with E-state index < -0.39 is 0 Å². The molecule has 23 heavy (non-hydrogen) atoms. The predicted octanol–water partition coefficient (Wildman–Crippen LogP) is 3.34. The molecule has 0 radical (unpaired) electrons. The van der Waals surface area contributed by atoms with Crippen LogP contribution in [0.15, 0.2) is 85.5 Å². The van der Waals surface area contributed by atoms with Crippen LogP contribution < -0.4 is 0 Å². The van der Waals surface area contributed by atoms with Crippen molar-refractivity contribution in [2.75, 3.05) is 0 Å². The maximum absolute atomic E-state index is 4.07. The van der Waals surface area contributed by atoms with E-state index in [0.29, 0.717) is 0 Å². The molecule has 5 heteroatoms. The Hall–Kier alpha value is -2.65. The van der Waals surface area contributed by atoms with Crippen molar-refractivity contribution in [3.8, 4) is 11.4 Å². The Labute approximate surface area is 145 Å². The molecule has 116 valence electrons. The van der Waals surface area contributed by atoms with Gasteiger partial charge in [0.25, 0.3) is 0 Å². The molecule has 0 fully saturated rings. The summed E-state index contributed by atoms with van der Waals surface area (Å²) in [6.07, 6.45) is 7.29. The standard InChI is InChI=1S/2C9H7N2.Ni/c2*1-2-5-9(6-3-1)11-8-4-7-10-11;/h2*1-5,7-8H;/q2*-1;+2. The predicted molar refractivity (Wildman–Crippen MR) is 84.8 cm³/mol. The quantitative estimate of drug-likeness (QED) is 0.413.